The molecule has 14 heavy (non-hydrogen) atoms. The number of halogens is 2. The van der Waals surface area contributed by atoms with Crippen LogP contribution in [0.1, 0.15) is 13.8 Å². The number of allylic oxidation sites excluding steroid dienone is 2. The van der Waals surface area contributed by atoms with E-state index in [0.717, 1.165) is 14.2 Å². The predicted molar refractivity (Wildman–Crippen MR) is 55.1 cm³/mol. The molecule has 87 valence electrons. The van der Waals surface area contributed by atoms with Gasteiger partial charge in [0, 0.05) is 20.3 Å². The summed E-state index contributed by atoms with van der Waals surface area (Å²) in [5.41, 5.74) is 0. The van der Waals surface area contributed by atoms with Crippen molar-refractivity contribution in [3.63, 3.8) is 0 Å². The van der Waals surface area contributed by atoms with Gasteiger partial charge in [-0.2, -0.15) is 0 Å². The van der Waals surface area contributed by atoms with Gasteiger partial charge < -0.3 is 15.3 Å². The Hall–Kier alpha value is 0.450. The number of carbonyl (C=O) groups excluding carboxylic acids is 1. The standard InChI is InChI=1S/C5H8O2.2CH4O.2ClH.Nb/c1-4(6)3-5(2)7;2*1-2;;;/h3,6H,1-2H3;2*2H,1H3;2*1H;/q;;;;;+2/p-2/b4-3-;;;;;. The van der Waals surface area contributed by atoms with E-state index in [2.05, 4.69) is 0 Å². The second-order valence-corrected chi connectivity index (χ2v) is 4.80. The average molecular weight is 328 g/mol. The zero-order valence-electron chi connectivity index (χ0n) is 8.53. The molecule has 0 unspecified atom stereocenters. The monoisotopic (exact) mass is 327 g/mol. The van der Waals surface area contributed by atoms with Gasteiger partial charge in [0.2, 0.25) is 0 Å². The minimum atomic E-state index is -0.706. The van der Waals surface area contributed by atoms with Crippen molar-refractivity contribution in [2.75, 3.05) is 14.2 Å². The summed E-state index contributed by atoms with van der Waals surface area (Å²) in [6.07, 6.45) is 1.17. The van der Waals surface area contributed by atoms with Crippen LogP contribution in [0, 0.1) is 0 Å². The first-order valence-electron chi connectivity index (χ1n) is 3.24. The molecule has 3 N–H and O–H groups in total. The fourth-order valence-corrected chi connectivity index (χ4v) is 0.294. The first-order valence-corrected chi connectivity index (χ1v) is 8.90. The summed E-state index contributed by atoms with van der Waals surface area (Å²) in [5, 5.41) is 22.4. The Kier molecular flexibility index (Phi) is 49.9. The second kappa shape index (κ2) is 29.2. The minimum absolute atomic E-state index is 0.0625. The van der Waals surface area contributed by atoms with Gasteiger partial charge in [-0.25, -0.2) is 0 Å². The molecule has 0 aliphatic carbocycles. The Morgan fingerprint density at radius 2 is 1.36 bits per heavy atom. The van der Waals surface area contributed by atoms with Crippen molar-refractivity contribution in [1.82, 2.24) is 0 Å². The van der Waals surface area contributed by atoms with Crippen LogP contribution in [0.4, 0.5) is 0 Å². The van der Waals surface area contributed by atoms with Crippen LogP contribution in [-0.2, 0) is 22.4 Å². The molecule has 0 rings (SSSR count). The third-order valence-corrected chi connectivity index (χ3v) is 0.412. The molecule has 4 nitrogen and oxygen atoms in total. The molecular weight excluding hydrogens is 312 g/mol. The summed E-state index contributed by atoms with van der Waals surface area (Å²) in [6, 6.07) is 0. The summed E-state index contributed by atoms with van der Waals surface area (Å²) < 4.78 is 0. The summed E-state index contributed by atoms with van der Waals surface area (Å²) in [7, 11) is 11.8. The third kappa shape index (κ3) is 82.4. The zero-order chi connectivity index (χ0) is 12.6. The van der Waals surface area contributed by atoms with Crippen molar-refractivity contribution < 1.29 is 37.7 Å². The number of hydrogen-bond donors (Lipinski definition) is 3. The van der Waals surface area contributed by atoms with Crippen LogP contribution >= 0.6 is 18.4 Å². The van der Waals surface area contributed by atoms with E-state index in [-0.39, 0.29) is 11.5 Å². The van der Waals surface area contributed by atoms with Crippen molar-refractivity contribution in [3.05, 3.63) is 11.8 Å². The summed E-state index contributed by atoms with van der Waals surface area (Å²) >= 11 is -0.706. The molecule has 0 amide bonds. The quantitative estimate of drug-likeness (QED) is 0.388. The number of hydrogen-bond acceptors (Lipinski definition) is 4. The number of ketones is 1. The Balaban J connectivity index is -0.0000000603. The molecule has 0 heterocycles. The molecule has 0 aliphatic rings. The topological polar surface area (TPSA) is 77.8 Å². The van der Waals surface area contributed by atoms with Crippen molar-refractivity contribution in [1.29, 1.82) is 0 Å². The Morgan fingerprint density at radius 1 is 1.14 bits per heavy atom. The SMILES string of the molecule is CC(=O)/C=C(/C)O.CO.CO.[Cl][Nb][Cl]. The molecule has 0 bridgehead atoms. The fraction of sp³-hybridized carbons (Fsp3) is 0.571. The van der Waals surface area contributed by atoms with Gasteiger partial charge in [0.1, 0.15) is 0 Å². The van der Waals surface area contributed by atoms with Gasteiger partial charge in [0.05, 0.1) is 5.76 Å². The maximum absolute atomic E-state index is 10.0. The Labute approximate surface area is 102 Å². The van der Waals surface area contributed by atoms with Crippen LogP contribution in [0.25, 0.3) is 0 Å². The molecule has 0 aromatic carbocycles. The zero-order valence-corrected chi connectivity index (χ0v) is 12.2. The van der Waals surface area contributed by atoms with Crippen LogP contribution in [0.3, 0.4) is 0 Å². The number of carbonyl (C=O) groups is 1. The molecule has 0 aliphatic heterocycles. The molecule has 0 aromatic rings. The number of rotatable bonds is 1. The normalized spacial score (nSPS) is 7.57. The molecule has 0 atom stereocenters. The van der Waals surface area contributed by atoms with Gasteiger partial charge in [0.25, 0.3) is 0 Å². The molecule has 7 heteroatoms. The molecule has 0 spiro atoms. The van der Waals surface area contributed by atoms with E-state index in [9.17, 15) is 4.79 Å². The Morgan fingerprint density at radius 3 is 1.36 bits per heavy atom. The van der Waals surface area contributed by atoms with E-state index in [4.69, 9.17) is 33.7 Å². The van der Waals surface area contributed by atoms with Crippen LogP contribution in [0.15, 0.2) is 11.8 Å². The van der Waals surface area contributed by atoms with Crippen molar-refractivity contribution in [2.45, 2.75) is 13.8 Å². The van der Waals surface area contributed by atoms with Crippen molar-refractivity contribution in [3.8, 4) is 0 Å². The first kappa shape index (κ1) is 23.9. The van der Waals surface area contributed by atoms with E-state index in [1.54, 1.807) is 0 Å². The van der Waals surface area contributed by atoms with Gasteiger partial charge in [0.15, 0.2) is 5.78 Å². The summed E-state index contributed by atoms with van der Waals surface area (Å²) in [6.45, 7) is 2.85. The molecule has 0 aromatic heterocycles. The Bertz CT molecular complexity index is 127. The van der Waals surface area contributed by atoms with E-state index < -0.39 is 17.6 Å². The van der Waals surface area contributed by atoms with Gasteiger partial charge in [-0.15, -0.1) is 0 Å². The van der Waals surface area contributed by atoms with E-state index in [1.807, 2.05) is 0 Å². The molecule has 0 saturated carbocycles. The fourth-order valence-electron chi connectivity index (χ4n) is 0.294. The average Bonchev–Trinajstić information content (AvgIpc) is 2.10. The van der Waals surface area contributed by atoms with Gasteiger partial charge in [-0.3, -0.25) is 4.79 Å². The van der Waals surface area contributed by atoms with Crippen LogP contribution in [-0.4, -0.2) is 35.3 Å². The maximum atomic E-state index is 10.0. The third-order valence-electron chi connectivity index (χ3n) is 0.412. The summed E-state index contributed by atoms with van der Waals surface area (Å²) in [4.78, 5) is 10.0. The van der Waals surface area contributed by atoms with Crippen molar-refractivity contribution in [2.24, 2.45) is 0 Å². The van der Waals surface area contributed by atoms with Crippen molar-refractivity contribution >= 4 is 24.2 Å². The van der Waals surface area contributed by atoms with E-state index in [0.29, 0.717) is 0 Å². The second-order valence-electron chi connectivity index (χ2n) is 1.46. The molecule has 0 fully saturated rings. The van der Waals surface area contributed by atoms with Gasteiger partial charge in [-0.05, 0) is 13.8 Å². The van der Waals surface area contributed by atoms with Gasteiger partial charge >= 0.3 is 36.0 Å². The van der Waals surface area contributed by atoms with Crippen LogP contribution in [0.2, 0.25) is 0 Å². The van der Waals surface area contributed by atoms with E-state index >= 15 is 0 Å². The van der Waals surface area contributed by atoms with Crippen LogP contribution in [0.5, 0.6) is 0 Å². The predicted octanol–water partition coefficient (Wildman–Crippen LogP) is 1.63. The molecule has 0 saturated heterocycles. The van der Waals surface area contributed by atoms with Crippen LogP contribution < -0.4 is 0 Å². The number of aliphatic hydroxyl groups is 3. The molecular formula is C7H16Cl2NbO4. The molecule has 0 radical (unpaired) electrons. The summed E-state index contributed by atoms with van der Waals surface area (Å²) in [5.74, 6) is -0.0625. The number of aliphatic hydroxyl groups excluding tert-OH is 3. The van der Waals surface area contributed by atoms with Gasteiger partial charge in [-0.1, -0.05) is 0 Å². The van der Waals surface area contributed by atoms with E-state index in [1.165, 1.54) is 19.9 Å². The first-order chi connectivity index (χ1) is 6.54.